The molecule has 10 heteroatoms. The topological polar surface area (TPSA) is 88.5 Å². The molecular weight excluding hydrogens is 413 g/mol. The van der Waals surface area contributed by atoms with E-state index in [0.717, 1.165) is 43.2 Å². The minimum Gasteiger partial charge on any atom is -0.402 e. The van der Waals surface area contributed by atoms with Gasteiger partial charge in [-0.05, 0) is 24.4 Å². The second kappa shape index (κ2) is 9.80. The van der Waals surface area contributed by atoms with E-state index in [4.69, 9.17) is 4.74 Å². The monoisotopic (exact) mass is 436 g/mol. The average molecular weight is 436 g/mol. The van der Waals surface area contributed by atoms with Crippen LogP contribution < -0.4 is 15.5 Å². The first-order valence-electron chi connectivity index (χ1n) is 10.1. The second-order valence-corrected chi connectivity index (χ2v) is 7.88. The van der Waals surface area contributed by atoms with Gasteiger partial charge in [-0.25, -0.2) is 4.98 Å². The van der Waals surface area contributed by atoms with Gasteiger partial charge in [0.05, 0.1) is 31.0 Å². The number of morpholine rings is 1. The third-order valence-electron chi connectivity index (χ3n) is 4.95. The van der Waals surface area contributed by atoms with Crippen LogP contribution in [0, 0.1) is 0 Å². The van der Waals surface area contributed by atoms with Crippen molar-refractivity contribution in [3.8, 4) is 11.3 Å². The van der Waals surface area contributed by atoms with Gasteiger partial charge in [0, 0.05) is 35.9 Å². The number of amides is 2. The van der Waals surface area contributed by atoms with Gasteiger partial charge < -0.3 is 24.7 Å². The molecule has 31 heavy (non-hydrogen) atoms. The summed E-state index contributed by atoms with van der Waals surface area (Å²) in [6, 6.07) is 9.90. The molecule has 159 valence electrons. The first-order chi connectivity index (χ1) is 15.1. The van der Waals surface area contributed by atoms with Crippen LogP contribution in [0.4, 0.5) is 10.8 Å². The maximum Gasteiger partial charge on any atom is 0.253 e. The van der Waals surface area contributed by atoms with Crippen LogP contribution in [0.3, 0.4) is 0 Å². The largest absolute Gasteiger partial charge is 0.402 e. The maximum absolute atomic E-state index is 12.2. The molecule has 0 atom stereocenters. The molecule has 0 unspecified atom stereocenters. The Morgan fingerprint density at radius 3 is 2.87 bits per heavy atom. The summed E-state index contributed by atoms with van der Waals surface area (Å²) in [5.41, 5.74) is 3.43. The van der Waals surface area contributed by atoms with Crippen molar-refractivity contribution >= 4 is 41.4 Å². The molecule has 1 aliphatic rings. The lowest BCUT2D eigenvalue weighted by Crippen LogP contribution is -2.36. The van der Waals surface area contributed by atoms with Gasteiger partial charge in [-0.1, -0.05) is 19.0 Å². The van der Waals surface area contributed by atoms with E-state index < -0.39 is 0 Å². The summed E-state index contributed by atoms with van der Waals surface area (Å²) in [6.45, 7) is 4.95. The Hall–Kier alpha value is -3.11. The number of hydrogen-bond donors (Lipinski definition) is 2. The normalized spacial score (nSPS) is 13.6. The molecule has 2 aromatic heterocycles. The summed E-state index contributed by atoms with van der Waals surface area (Å²) in [6.07, 6.45) is 3.48. The number of ether oxygens (including phenoxy) is 1. The molecular formula is C21H23BN5O3S. The lowest BCUT2D eigenvalue weighted by atomic mass is 10.0. The van der Waals surface area contributed by atoms with Gasteiger partial charge in [0.2, 0.25) is 13.3 Å². The molecule has 0 spiro atoms. The van der Waals surface area contributed by atoms with Gasteiger partial charge in [0.1, 0.15) is 0 Å². The number of anilines is 2. The smallest absolute Gasteiger partial charge is 0.253 e. The summed E-state index contributed by atoms with van der Waals surface area (Å²) < 4.78 is 7.20. The number of thiazole rings is 1. The summed E-state index contributed by atoms with van der Waals surface area (Å²) in [7, 11) is 1.83. The number of rotatable bonds is 7. The van der Waals surface area contributed by atoms with Gasteiger partial charge in [0.15, 0.2) is 5.13 Å². The Bertz CT molecular complexity index is 1060. The molecule has 1 aromatic carbocycles. The summed E-state index contributed by atoms with van der Waals surface area (Å²) in [5, 5.41) is 7.78. The molecule has 1 saturated heterocycles. The van der Waals surface area contributed by atoms with E-state index in [-0.39, 0.29) is 18.4 Å². The van der Waals surface area contributed by atoms with Crippen LogP contribution in [-0.2, 0) is 9.53 Å². The summed E-state index contributed by atoms with van der Waals surface area (Å²) >= 11 is 1.35. The number of benzene rings is 1. The SMILES string of the molecule is C[B]n1ccc(C(=O)NCC(=O)Nc2nc(-c3cccc(N4CCOCC4)c3)cs2)c1. The van der Waals surface area contributed by atoms with Crippen molar-refractivity contribution in [3.05, 3.63) is 53.7 Å². The fraction of sp³-hybridized carbons (Fsp3) is 0.286. The van der Waals surface area contributed by atoms with Crippen LogP contribution >= 0.6 is 11.3 Å². The highest BCUT2D eigenvalue weighted by atomic mass is 32.1. The third kappa shape index (κ3) is 5.34. The molecule has 1 aliphatic heterocycles. The van der Waals surface area contributed by atoms with Crippen LogP contribution in [0.15, 0.2) is 48.1 Å². The van der Waals surface area contributed by atoms with Crippen molar-refractivity contribution < 1.29 is 14.3 Å². The van der Waals surface area contributed by atoms with Crippen LogP contribution in [0.25, 0.3) is 11.3 Å². The fourth-order valence-corrected chi connectivity index (χ4v) is 4.02. The lowest BCUT2D eigenvalue weighted by molar-refractivity contribution is -0.115. The Balaban J connectivity index is 1.33. The fourth-order valence-electron chi connectivity index (χ4n) is 3.28. The number of hydrogen-bond acceptors (Lipinski definition) is 6. The Labute approximate surface area is 185 Å². The molecule has 0 aliphatic carbocycles. The van der Waals surface area contributed by atoms with Gasteiger partial charge in [-0.3, -0.25) is 9.59 Å². The van der Waals surface area contributed by atoms with Crippen molar-refractivity contribution in [2.45, 2.75) is 6.82 Å². The van der Waals surface area contributed by atoms with Crippen molar-refractivity contribution in [1.29, 1.82) is 0 Å². The quantitative estimate of drug-likeness (QED) is 0.555. The van der Waals surface area contributed by atoms with E-state index in [1.807, 2.05) is 31.8 Å². The zero-order valence-electron chi connectivity index (χ0n) is 17.2. The molecule has 2 amide bonds. The van der Waals surface area contributed by atoms with Gasteiger partial charge in [-0.15, -0.1) is 11.3 Å². The highest BCUT2D eigenvalue weighted by Gasteiger charge is 2.14. The first-order valence-corrected chi connectivity index (χ1v) is 10.9. The van der Waals surface area contributed by atoms with E-state index in [0.29, 0.717) is 10.7 Å². The summed E-state index contributed by atoms with van der Waals surface area (Å²) in [4.78, 5) is 31.2. The van der Waals surface area contributed by atoms with Gasteiger partial charge >= 0.3 is 0 Å². The summed E-state index contributed by atoms with van der Waals surface area (Å²) in [5.74, 6) is -0.617. The van der Waals surface area contributed by atoms with E-state index in [2.05, 4.69) is 32.7 Å². The number of nitrogens with one attached hydrogen (secondary N) is 2. The van der Waals surface area contributed by atoms with Crippen LogP contribution in [0.1, 0.15) is 10.4 Å². The van der Waals surface area contributed by atoms with Crippen molar-refractivity contribution in [3.63, 3.8) is 0 Å². The molecule has 1 fully saturated rings. The predicted octanol–water partition coefficient (Wildman–Crippen LogP) is 2.33. The standard InChI is InChI=1S/C21H23BN5O3S/c1-22-27-6-5-16(13-27)20(29)23-12-19(28)25-21-24-18(14-31-21)15-3-2-4-17(11-15)26-7-9-30-10-8-26/h2-6,11,13-14H,7-10,12H2,1H3,(H,23,29)(H,24,25,28). The highest BCUT2D eigenvalue weighted by molar-refractivity contribution is 7.14. The molecule has 1 radical (unpaired) electrons. The molecule has 3 heterocycles. The van der Waals surface area contributed by atoms with E-state index in [1.54, 1.807) is 22.9 Å². The van der Waals surface area contributed by atoms with Gasteiger partial charge in [0.25, 0.3) is 5.91 Å². The molecule has 3 aromatic rings. The zero-order chi connectivity index (χ0) is 21.6. The number of carbonyl (C=O) groups excluding carboxylic acids is 2. The predicted molar refractivity (Wildman–Crippen MR) is 123 cm³/mol. The Morgan fingerprint density at radius 1 is 1.26 bits per heavy atom. The van der Waals surface area contributed by atoms with Crippen molar-refractivity contribution in [1.82, 2.24) is 14.8 Å². The molecule has 0 saturated carbocycles. The van der Waals surface area contributed by atoms with Crippen LogP contribution in [-0.4, -0.2) is 61.5 Å². The second-order valence-electron chi connectivity index (χ2n) is 7.02. The average Bonchev–Trinajstić information content (AvgIpc) is 3.48. The van der Waals surface area contributed by atoms with Crippen LogP contribution in [0.5, 0.6) is 0 Å². The molecule has 2 N–H and O–H groups in total. The molecule has 0 bridgehead atoms. The molecule has 4 rings (SSSR count). The minimum atomic E-state index is -0.321. The van der Waals surface area contributed by atoms with Crippen LogP contribution in [0.2, 0.25) is 6.82 Å². The first kappa shape index (κ1) is 21.1. The number of aromatic nitrogens is 2. The van der Waals surface area contributed by atoms with Crippen molar-refractivity contribution in [2.75, 3.05) is 43.1 Å². The molecule has 8 nitrogen and oxygen atoms in total. The number of carbonyl (C=O) groups is 2. The van der Waals surface area contributed by atoms with E-state index >= 15 is 0 Å². The Morgan fingerprint density at radius 2 is 2.10 bits per heavy atom. The minimum absolute atomic E-state index is 0.124. The van der Waals surface area contributed by atoms with Crippen molar-refractivity contribution in [2.24, 2.45) is 0 Å². The third-order valence-corrected chi connectivity index (χ3v) is 5.71. The van der Waals surface area contributed by atoms with E-state index in [9.17, 15) is 9.59 Å². The Kier molecular flexibility index (Phi) is 6.68. The zero-order valence-corrected chi connectivity index (χ0v) is 18.0. The lowest BCUT2D eigenvalue weighted by Gasteiger charge is -2.29. The maximum atomic E-state index is 12.2. The van der Waals surface area contributed by atoms with Gasteiger partial charge in [-0.2, -0.15) is 0 Å². The van der Waals surface area contributed by atoms with E-state index in [1.165, 1.54) is 11.3 Å². The number of nitrogens with zero attached hydrogens (tertiary/aromatic N) is 3. The highest BCUT2D eigenvalue weighted by Crippen LogP contribution is 2.28.